The van der Waals surface area contributed by atoms with E-state index < -0.39 is 22.2 Å². The highest BCUT2D eigenvalue weighted by atomic mass is 28.4. The minimum atomic E-state index is -1.97. The van der Waals surface area contributed by atoms with Crippen molar-refractivity contribution in [2.75, 3.05) is 0 Å². The Morgan fingerprint density at radius 3 is 1.98 bits per heavy atom. The Morgan fingerprint density at radius 2 is 1.40 bits per heavy atom. The fraction of sp³-hybridized carbons (Fsp3) is 0.950. The normalized spacial score (nSPS) is 34.5. The van der Waals surface area contributed by atoms with Crippen LogP contribution >= 0.6 is 0 Å². The number of hydrogen-bond acceptors (Lipinski definition) is 3. The highest BCUT2D eigenvalue weighted by Gasteiger charge is 2.58. The molecule has 0 aromatic heterocycles. The number of aliphatic hydroxyl groups is 1. The summed E-state index contributed by atoms with van der Waals surface area (Å²) in [4.78, 5) is 0. The van der Waals surface area contributed by atoms with Gasteiger partial charge in [0, 0.05) is 18.6 Å². The Kier molecular flexibility index (Phi) is 12.9. The van der Waals surface area contributed by atoms with Gasteiger partial charge >= 0.3 is 0 Å². The largest absolute Gasteiger partial charge is 0.414 e. The van der Waals surface area contributed by atoms with Crippen LogP contribution in [0.1, 0.15) is 153 Å². The molecule has 0 bridgehead atoms. The molecule has 262 valence electrons. The molecule has 0 aliphatic heterocycles. The lowest BCUT2D eigenvalue weighted by molar-refractivity contribution is -0.138. The average molecular weight is 661 g/mol. The Labute approximate surface area is 283 Å². The summed E-state index contributed by atoms with van der Waals surface area (Å²) in [5, 5.41) is 12.0. The first-order valence-electron chi connectivity index (χ1n) is 19.2. The molecule has 3 aliphatic carbocycles. The van der Waals surface area contributed by atoms with Gasteiger partial charge in [0.1, 0.15) is 5.60 Å². The standard InChI is InChI=1S/C40H76O3Si2/c1-15-17-19-20-25-40(10,41)31-23-22-30(27-31)33-29-36(43-45(13,14)38(6,7)8)35-28-32(42-44(11,12)37(3,4)5)24-26-39(35,9)34(33)21-18-16-2/h30-36,41H,15-19,21-24,26-29H2,1-14H3/t30-,31+,32?,33+,34+,35-,36?,39-,40+/m1/s1. The Morgan fingerprint density at radius 1 is 0.800 bits per heavy atom. The van der Waals surface area contributed by atoms with Gasteiger partial charge in [0.15, 0.2) is 16.6 Å². The summed E-state index contributed by atoms with van der Waals surface area (Å²) in [6, 6.07) is 0. The predicted molar refractivity (Wildman–Crippen MR) is 199 cm³/mol. The van der Waals surface area contributed by atoms with Crippen LogP contribution < -0.4 is 0 Å². The third-order valence-electron chi connectivity index (χ3n) is 13.9. The smallest absolute Gasteiger partial charge is 0.192 e. The van der Waals surface area contributed by atoms with Crippen LogP contribution in [-0.4, -0.2) is 39.6 Å². The van der Waals surface area contributed by atoms with Gasteiger partial charge in [0.05, 0.1) is 0 Å². The molecule has 45 heavy (non-hydrogen) atoms. The zero-order valence-electron chi connectivity index (χ0n) is 32.5. The van der Waals surface area contributed by atoms with Crippen LogP contribution in [0, 0.1) is 46.8 Å². The maximum atomic E-state index is 11.5. The molecule has 3 rings (SSSR count). The van der Waals surface area contributed by atoms with Crippen LogP contribution in [0.5, 0.6) is 0 Å². The molecule has 3 aliphatic rings. The van der Waals surface area contributed by atoms with E-state index in [1.807, 2.05) is 6.92 Å². The lowest BCUT2D eigenvalue weighted by atomic mass is 9.48. The molecule has 9 atom stereocenters. The molecular weight excluding hydrogens is 585 g/mol. The number of unbranched alkanes of at least 4 members (excludes halogenated alkanes) is 3. The van der Waals surface area contributed by atoms with Gasteiger partial charge in [-0.05, 0) is 136 Å². The van der Waals surface area contributed by atoms with E-state index in [0.29, 0.717) is 30.0 Å². The van der Waals surface area contributed by atoms with Gasteiger partial charge in [-0.1, -0.05) is 87.5 Å². The van der Waals surface area contributed by atoms with Crippen LogP contribution in [0.2, 0.25) is 36.3 Å². The summed E-state index contributed by atoms with van der Waals surface area (Å²) in [5.74, 6) is 9.53. The molecule has 0 radical (unpaired) electrons. The van der Waals surface area contributed by atoms with Crippen molar-refractivity contribution in [3.05, 3.63) is 0 Å². The van der Waals surface area contributed by atoms with Crippen molar-refractivity contribution in [1.82, 2.24) is 0 Å². The molecule has 3 fully saturated rings. The Balaban J connectivity index is 1.96. The SMILES string of the molecule is CCCCC#C[C@](C)(O)[C@H]1CC[C@@H]([C@@H]2CC(O[Si](C)(C)C(C)(C)C)[C@H]3CC(O[Si](C)(C)C(C)(C)C)CC[C@]3(C)[C@H]2CCCC)C1. The minimum Gasteiger partial charge on any atom is -0.414 e. The Hall–Kier alpha value is -0.126. The van der Waals surface area contributed by atoms with E-state index in [9.17, 15) is 5.11 Å². The quantitative estimate of drug-likeness (QED) is 0.136. The molecule has 5 heteroatoms. The van der Waals surface area contributed by atoms with E-state index in [1.165, 1.54) is 44.9 Å². The van der Waals surface area contributed by atoms with Gasteiger partial charge in [0.2, 0.25) is 0 Å². The van der Waals surface area contributed by atoms with Crippen molar-refractivity contribution >= 4 is 16.6 Å². The maximum Gasteiger partial charge on any atom is 0.192 e. The van der Waals surface area contributed by atoms with Gasteiger partial charge in [-0.2, -0.15) is 0 Å². The van der Waals surface area contributed by atoms with Crippen LogP contribution in [0.15, 0.2) is 0 Å². The van der Waals surface area contributed by atoms with Crippen molar-refractivity contribution in [2.45, 2.75) is 207 Å². The van der Waals surface area contributed by atoms with E-state index in [4.69, 9.17) is 8.85 Å². The molecule has 0 saturated heterocycles. The summed E-state index contributed by atoms with van der Waals surface area (Å²) in [5.41, 5.74) is -0.600. The van der Waals surface area contributed by atoms with Gasteiger partial charge in [0.25, 0.3) is 0 Å². The zero-order chi connectivity index (χ0) is 34.1. The second-order valence-corrected chi connectivity index (χ2v) is 28.8. The van der Waals surface area contributed by atoms with Gasteiger partial charge in [-0.25, -0.2) is 0 Å². The first kappa shape index (κ1) is 39.3. The van der Waals surface area contributed by atoms with Crippen molar-refractivity contribution < 1.29 is 14.0 Å². The van der Waals surface area contributed by atoms with E-state index in [1.54, 1.807) is 0 Å². The molecule has 1 N–H and O–H groups in total. The number of hydrogen-bond donors (Lipinski definition) is 1. The highest BCUT2D eigenvalue weighted by molar-refractivity contribution is 6.74. The lowest BCUT2D eigenvalue weighted by Gasteiger charge is -2.61. The third kappa shape index (κ3) is 9.11. The van der Waals surface area contributed by atoms with Crippen molar-refractivity contribution in [3.63, 3.8) is 0 Å². The average Bonchev–Trinajstić information content (AvgIpc) is 3.41. The van der Waals surface area contributed by atoms with E-state index in [0.717, 1.165) is 44.4 Å². The van der Waals surface area contributed by atoms with E-state index in [-0.39, 0.29) is 21.4 Å². The van der Waals surface area contributed by atoms with Gasteiger partial charge in [-0.15, -0.1) is 5.92 Å². The summed E-state index contributed by atoms with van der Waals surface area (Å²) < 4.78 is 14.7. The summed E-state index contributed by atoms with van der Waals surface area (Å²) in [6.45, 7) is 33.4. The number of rotatable bonds is 11. The molecule has 0 spiro atoms. The molecule has 0 aromatic carbocycles. The summed E-state index contributed by atoms with van der Waals surface area (Å²) in [7, 11) is -3.82. The highest BCUT2D eigenvalue weighted by Crippen LogP contribution is 2.62. The van der Waals surface area contributed by atoms with Crippen molar-refractivity contribution in [3.8, 4) is 11.8 Å². The van der Waals surface area contributed by atoms with Crippen LogP contribution in [0.25, 0.3) is 0 Å². The maximum absolute atomic E-state index is 11.5. The molecule has 3 nitrogen and oxygen atoms in total. The predicted octanol–water partition coefficient (Wildman–Crippen LogP) is 11.8. The van der Waals surface area contributed by atoms with Crippen LogP contribution in [0.3, 0.4) is 0 Å². The van der Waals surface area contributed by atoms with Gasteiger partial charge in [-0.3, -0.25) is 0 Å². The van der Waals surface area contributed by atoms with E-state index >= 15 is 0 Å². The van der Waals surface area contributed by atoms with Gasteiger partial charge < -0.3 is 14.0 Å². The fourth-order valence-electron chi connectivity index (χ4n) is 8.85. The Bertz CT molecular complexity index is 1010. The molecule has 2 unspecified atom stereocenters. The summed E-state index contributed by atoms with van der Waals surface area (Å²) in [6.07, 6.45) is 16.0. The van der Waals surface area contributed by atoms with Crippen LogP contribution in [-0.2, 0) is 8.85 Å². The van der Waals surface area contributed by atoms with Crippen molar-refractivity contribution in [1.29, 1.82) is 0 Å². The third-order valence-corrected chi connectivity index (χ3v) is 23.0. The van der Waals surface area contributed by atoms with Crippen LogP contribution in [0.4, 0.5) is 0 Å². The molecular formula is C40H76O3Si2. The second kappa shape index (κ2) is 14.8. The fourth-order valence-corrected chi connectivity index (χ4v) is 11.6. The first-order chi connectivity index (χ1) is 20.6. The lowest BCUT2D eigenvalue weighted by Crippen LogP contribution is -2.59. The molecule has 0 amide bonds. The first-order valence-corrected chi connectivity index (χ1v) is 25.0. The topological polar surface area (TPSA) is 38.7 Å². The van der Waals surface area contributed by atoms with Crippen molar-refractivity contribution in [2.24, 2.45) is 35.0 Å². The van der Waals surface area contributed by atoms with E-state index in [2.05, 4.69) is 100 Å². The summed E-state index contributed by atoms with van der Waals surface area (Å²) >= 11 is 0. The second-order valence-electron chi connectivity index (χ2n) is 19.3. The number of fused-ring (bicyclic) bond motifs is 1. The molecule has 0 aromatic rings. The zero-order valence-corrected chi connectivity index (χ0v) is 34.5. The molecule has 0 heterocycles. The minimum absolute atomic E-state index is 0.192. The molecule has 3 saturated carbocycles. The monoisotopic (exact) mass is 661 g/mol.